The molecule has 0 aliphatic carbocycles. The molecule has 0 bridgehead atoms. The molecule has 0 radical (unpaired) electrons. The Kier molecular flexibility index (Phi) is 3.52. The Bertz CT molecular complexity index is 551. The summed E-state index contributed by atoms with van der Waals surface area (Å²) in [5.41, 5.74) is 0.888. The summed E-state index contributed by atoms with van der Waals surface area (Å²) >= 11 is 5.14. The van der Waals surface area contributed by atoms with E-state index in [9.17, 15) is 5.11 Å². The van der Waals surface area contributed by atoms with Crippen LogP contribution in [0.3, 0.4) is 0 Å². The van der Waals surface area contributed by atoms with E-state index in [1.165, 1.54) is 0 Å². The van der Waals surface area contributed by atoms with Gasteiger partial charge in [0.2, 0.25) is 0 Å². The molecule has 92 valence electrons. The number of aromatic nitrogens is 2. The first kappa shape index (κ1) is 12.9. The van der Waals surface area contributed by atoms with Crippen LogP contribution in [-0.2, 0) is 12.6 Å². The highest BCUT2D eigenvalue weighted by Crippen LogP contribution is 2.33. The number of benzene rings is 1. The molecular formula is C12H15BrN2OS. The van der Waals surface area contributed by atoms with Gasteiger partial charge in [0, 0.05) is 34.4 Å². The Balaban J connectivity index is 2.66. The van der Waals surface area contributed by atoms with E-state index >= 15 is 0 Å². The first-order valence-electron chi connectivity index (χ1n) is 5.29. The van der Waals surface area contributed by atoms with Crippen molar-refractivity contribution in [1.29, 1.82) is 0 Å². The monoisotopic (exact) mass is 314 g/mol. The second-order valence-corrected chi connectivity index (χ2v) is 6.09. The fourth-order valence-corrected chi connectivity index (χ4v) is 3.12. The topological polar surface area (TPSA) is 38.0 Å². The molecule has 0 amide bonds. The molecule has 0 saturated carbocycles. The molecule has 0 aliphatic heterocycles. The standard InChI is InChI=1S/C12H15BrN2OS/c1-12(16,7-17-3)9-4-5-10(13)8-6-15(2)14-11(8)9/h4-6,16H,7H2,1-3H3. The second kappa shape index (κ2) is 4.63. The molecule has 1 unspecified atom stereocenters. The minimum Gasteiger partial charge on any atom is -0.385 e. The Morgan fingerprint density at radius 2 is 2.24 bits per heavy atom. The first-order chi connectivity index (χ1) is 7.95. The third-order valence-electron chi connectivity index (χ3n) is 2.74. The average molecular weight is 315 g/mol. The van der Waals surface area contributed by atoms with Gasteiger partial charge in [-0.15, -0.1) is 0 Å². The van der Waals surface area contributed by atoms with Crippen LogP contribution in [0.1, 0.15) is 12.5 Å². The van der Waals surface area contributed by atoms with Crippen LogP contribution in [-0.4, -0.2) is 26.9 Å². The number of hydrogen-bond acceptors (Lipinski definition) is 3. The van der Waals surface area contributed by atoms with E-state index in [-0.39, 0.29) is 0 Å². The fourth-order valence-electron chi connectivity index (χ4n) is 1.98. The minimum absolute atomic E-state index is 0.653. The van der Waals surface area contributed by atoms with Gasteiger partial charge in [0.05, 0.1) is 11.1 Å². The number of aliphatic hydroxyl groups is 1. The maximum absolute atomic E-state index is 10.5. The lowest BCUT2D eigenvalue weighted by molar-refractivity contribution is 0.0854. The fraction of sp³-hybridized carbons (Fsp3) is 0.417. The summed E-state index contributed by atoms with van der Waals surface area (Å²) in [6.45, 7) is 1.83. The second-order valence-electron chi connectivity index (χ2n) is 4.37. The van der Waals surface area contributed by atoms with Crippen LogP contribution in [0, 0.1) is 0 Å². The van der Waals surface area contributed by atoms with Crippen molar-refractivity contribution < 1.29 is 5.11 Å². The van der Waals surface area contributed by atoms with Gasteiger partial charge in [0.25, 0.3) is 0 Å². The third kappa shape index (κ3) is 2.37. The van der Waals surface area contributed by atoms with Gasteiger partial charge in [0.1, 0.15) is 0 Å². The predicted octanol–water partition coefficient (Wildman–Crippen LogP) is 2.91. The van der Waals surface area contributed by atoms with Gasteiger partial charge in [0.15, 0.2) is 0 Å². The van der Waals surface area contributed by atoms with Crippen molar-refractivity contribution in [2.45, 2.75) is 12.5 Å². The summed E-state index contributed by atoms with van der Waals surface area (Å²) in [7, 11) is 1.89. The zero-order valence-electron chi connectivity index (χ0n) is 10.1. The Labute approximate surface area is 113 Å². The molecular weight excluding hydrogens is 300 g/mol. The molecule has 0 saturated heterocycles. The van der Waals surface area contributed by atoms with Crippen LogP contribution in [0.25, 0.3) is 10.9 Å². The van der Waals surface area contributed by atoms with Crippen molar-refractivity contribution in [2.24, 2.45) is 7.05 Å². The molecule has 0 fully saturated rings. The molecule has 1 aromatic heterocycles. The van der Waals surface area contributed by atoms with Crippen molar-refractivity contribution in [1.82, 2.24) is 9.78 Å². The quantitative estimate of drug-likeness (QED) is 0.946. The van der Waals surface area contributed by atoms with Crippen molar-refractivity contribution in [2.75, 3.05) is 12.0 Å². The van der Waals surface area contributed by atoms with Gasteiger partial charge in [-0.25, -0.2) is 0 Å². The van der Waals surface area contributed by atoms with E-state index in [1.54, 1.807) is 16.4 Å². The number of fused-ring (bicyclic) bond motifs is 1. The van der Waals surface area contributed by atoms with Gasteiger partial charge in [-0.2, -0.15) is 16.9 Å². The lowest BCUT2D eigenvalue weighted by Crippen LogP contribution is -2.24. The Hall–Kier alpha value is -0.520. The highest BCUT2D eigenvalue weighted by molar-refractivity contribution is 9.10. The van der Waals surface area contributed by atoms with Crippen molar-refractivity contribution >= 4 is 38.6 Å². The predicted molar refractivity (Wildman–Crippen MR) is 76.4 cm³/mol. The summed E-state index contributed by atoms with van der Waals surface area (Å²) in [6, 6.07) is 3.91. The third-order valence-corrected chi connectivity index (χ3v) is 4.29. The van der Waals surface area contributed by atoms with E-state index in [0.29, 0.717) is 5.75 Å². The highest BCUT2D eigenvalue weighted by Gasteiger charge is 2.26. The van der Waals surface area contributed by atoms with Crippen LogP contribution in [0.2, 0.25) is 0 Å². The molecule has 0 spiro atoms. The number of hydrogen-bond donors (Lipinski definition) is 1. The molecule has 1 aromatic carbocycles. The molecule has 17 heavy (non-hydrogen) atoms. The number of rotatable bonds is 3. The number of halogens is 1. The van der Waals surface area contributed by atoms with Gasteiger partial charge in [-0.3, -0.25) is 4.68 Å². The molecule has 1 N–H and O–H groups in total. The smallest absolute Gasteiger partial charge is 0.0995 e. The Morgan fingerprint density at radius 3 is 2.88 bits per heavy atom. The molecule has 1 atom stereocenters. The summed E-state index contributed by atoms with van der Waals surface area (Å²) in [5.74, 6) is 0.653. The number of aryl methyl sites for hydroxylation is 1. The SMILES string of the molecule is CSCC(C)(O)c1ccc(Br)c2cn(C)nc12. The maximum Gasteiger partial charge on any atom is 0.0995 e. The zero-order valence-corrected chi connectivity index (χ0v) is 12.5. The van der Waals surface area contributed by atoms with Gasteiger partial charge in [-0.05, 0) is 19.2 Å². The molecule has 2 aromatic rings. The summed E-state index contributed by atoms with van der Waals surface area (Å²) in [5, 5.41) is 16.0. The van der Waals surface area contributed by atoms with E-state index in [2.05, 4.69) is 21.0 Å². The summed E-state index contributed by atoms with van der Waals surface area (Å²) in [4.78, 5) is 0. The van der Waals surface area contributed by atoms with Crippen molar-refractivity contribution in [3.63, 3.8) is 0 Å². The minimum atomic E-state index is -0.854. The van der Waals surface area contributed by atoms with Crippen molar-refractivity contribution in [3.05, 3.63) is 28.4 Å². The van der Waals surface area contributed by atoms with Crippen LogP contribution in [0.4, 0.5) is 0 Å². The highest BCUT2D eigenvalue weighted by atomic mass is 79.9. The molecule has 3 nitrogen and oxygen atoms in total. The lowest BCUT2D eigenvalue weighted by Gasteiger charge is -2.23. The van der Waals surface area contributed by atoms with E-state index in [1.807, 2.05) is 38.6 Å². The van der Waals surface area contributed by atoms with E-state index < -0.39 is 5.60 Å². The van der Waals surface area contributed by atoms with Gasteiger partial charge >= 0.3 is 0 Å². The van der Waals surface area contributed by atoms with E-state index in [4.69, 9.17) is 0 Å². The average Bonchev–Trinajstić information content (AvgIpc) is 2.60. The molecule has 0 aliphatic rings. The normalized spacial score (nSPS) is 15.1. The molecule has 1 heterocycles. The van der Waals surface area contributed by atoms with Crippen LogP contribution >= 0.6 is 27.7 Å². The largest absolute Gasteiger partial charge is 0.385 e. The van der Waals surface area contributed by atoms with Crippen molar-refractivity contribution in [3.8, 4) is 0 Å². The van der Waals surface area contributed by atoms with Crippen LogP contribution in [0.5, 0.6) is 0 Å². The lowest BCUT2D eigenvalue weighted by atomic mass is 9.96. The van der Waals surface area contributed by atoms with Crippen LogP contribution < -0.4 is 0 Å². The first-order valence-corrected chi connectivity index (χ1v) is 7.48. The number of thioether (sulfide) groups is 1. The summed E-state index contributed by atoms with van der Waals surface area (Å²) in [6.07, 6.45) is 3.95. The van der Waals surface area contributed by atoms with E-state index in [0.717, 1.165) is 20.9 Å². The van der Waals surface area contributed by atoms with Crippen LogP contribution in [0.15, 0.2) is 22.8 Å². The molecule has 5 heteroatoms. The Morgan fingerprint density at radius 1 is 1.53 bits per heavy atom. The van der Waals surface area contributed by atoms with Gasteiger partial charge in [-0.1, -0.05) is 22.0 Å². The number of nitrogens with zero attached hydrogens (tertiary/aromatic N) is 2. The van der Waals surface area contributed by atoms with Gasteiger partial charge < -0.3 is 5.11 Å². The molecule has 2 rings (SSSR count). The summed E-state index contributed by atoms with van der Waals surface area (Å²) < 4.78 is 2.78. The maximum atomic E-state index is 10.5. The zero-order chi connectivity index (χ0) is 12.6.